The Bertz CT molecular complexity index is 1020. The van der Waals surface area contributed by atoms with Crippen LogP contribution in [0.2, 0.25) is 0 Å². The number of pyridine rings is 2. The van der Waals surface area contributed by atoms with E-state index in [-0.39, 0.29) is 23.4 Å². The monoisotopic (exact) mass is 422 g/mol. The van der Waals surface area contributed by atoms with E-state index in [1.165, 1.54) is 0 Å². The maximum Gasteiger partial charge on any atom is 0.420 e. The number of hydrogen-bond acceptors (Lipinski definition) is 8. The van der Waals surface area contributed by atoms with Crippen molar-refractivity contribution in [3.63, 3.8) is 0 Å². The van der Waals surface area contributed by atoms with Gasteiger partial charge in [0.2, 0.25) is 5.13 Å². The molecule has 0 atom stereocenters. The van der Waals surface area contributed by atoms with Crippen LogP contribution in [0.1, 0.15) is 18.4 Å². The zero-order chi connectivity index (χ0) is 20.6. The molecule has 11 heteroatoms. The molecule has 0 amide bonds. The molecule has 4 rings (SSSR count). The summed E-state index contributed by atoms with van der Waals surface area (Å²) in [5, 5.41) is 3.45. The van der Waals surface area contributed by atoms with Crippen molar-refractivity contribution in [2.75, 3.05) is 24.3 Å². The third kappa shape index (κ3) is 4.39. The highest BCUT2D eigenvalue weighted by atomic mass is 32.1. The van der Waals surface area contributed by atoms with Crippen molar-refractivity contribution in [2.45, 2.75) is 25.1 Å². The van der Waals surface area contributed by atoms with Gasteiger partial charge in [0, 0.05) is 31.8 Å². The first-order chi connectivity index (χ1) is 13.8. The van der Waals surface area contributed by atoms with Gasteiger partial charge in [0.25, 0.3) is 0 Å². The predicted octanol–water partition coefficient (Wildman–Crippen LogP) is 4.36. The molecule has 3 aromatic heterocycles. The molecule has 1 fully saturated rings. The minimum atomic E-state index is -4.56. The summed E-state index contributed by atoms with van der Waals surface area (Å²) < 4.78 is 49.9. The Balaban J connectivity index is 1.61. The van der Waals surface area contributed by atoms with E-state index >= 15 is 0 Å². The molecule has 1 N–H and O–H groups in total. The van der Waals surface area contributed by atoms with Crippen LogP contribution in [-0.2, 0) is 6.18 Å². The van der Waals surface area contributed by atoms with E-state index in [4.69, 9.17) is 4.74 Å². The van der Waals surface area contributed by atoms with Crippen LogP contribution in [0.25, 0.3) is 11.5 Å². The van der Waals surface area contributed by atoms with Gasteiger partial charge in [0.15, 0.2) is 11.6 Å². The molecule has 0 aliphatic heterocycles. The minimum absolute atomic E-state index is 0.0265. The average Bonchev–Trinajstić information content (AvgIpc) is 3.37. The SMILES string of the molecule is CN(C)c1cccnc1Nc1nc(-c2cc(C(F)(F)F)c(OC3CC3)cn2)ns1. The van der Waals surface area contributed by atoms with E-state index in [2.05, 4.69) is 24.6 Å². The Kier molecular flexibility index (Phi) is 4.99. The fraction of sp³-hybridized carbons (Fsp3) is 0.333. The van der Waals surface area contributed by atoms with Gasteiger partial charge in [-0.15, -0.1) is 0 Å². The lowest BCUT2D eigenvalue weighted by atomic mass is 10.2. The predicted molar refractivity (Wildman–Crippen MR) is 104 cm³/mol. The first-order valence-electron chi connectivity index (χ1n) is 8.78. The Morgan fingerprint density at radius 1 is 1.24 bits per heavy atom. The van der Waals surface area contributed by atoms with Crippen LogP contribution in [0.5, 0.6) is 5.75 Å². The molecule has 3 aromatic rings. The lowest BCUT2D eigenvalue weighted by molar-refractivity contribution is -0.139. The molecule has 1 aliphatic carbocycles. The topological polar surface area (TPSA) is 76.1 Å². The van der Waals surface area contributed by atoms with E-state index in [1.807, 2.05) is 25.1 Å². The molecule has 1 aliphatic rings. The van der Waals surface area contributed by atoms with Gasteiger partial charge in [-0.25, -0.2) is 9.97 Å². The lowest BCUT2D eigenvalue weighted by Gasteiger charge is -2.15. The van der Waals surface area contributed by atoms with Crippen molar-refractivity contribution < 1.29 is 17.9 Å². The fourth-order valence-electron chi connectivity index (χ4n) is 2.58. The number of nitrogens with one attached hydrogen (secondary N) is 1. The Morgan fingerprint density at radius 2 is 2.03 bits per heavy atom. The maximum atomic E-state index is 13.5. The second-order valence-electron chi connectivity index (χ2n) is 6.69. The second kappa shape index (κ2) is 7.47. The largest absolute Gasteiger partial charge is 0.488 e. The molecule has 0 bridgehead atoms. The molecule has 0 radical (unpaired) electrons. The van der Waals surface area contributed by atoms with Crippen molar-refractivity contribution in [1.29, 1.82) is 0 Å². The van der Waals surface area contributed by atoms with Crippen molar-refractivity contribution >= 4 is 28.2 Å². The minimum Gasteiger partial charge on any atom is -0.488 e. The molecule has 0 aromatic carbocycles. The second-order valence-corrected chi connectivity index (χ2v) is 7.45. The zero-order valence-corrected chi connectivity index (χ0v) is 16.4. The van der Waals surface area contributed by atoms with E-state index in [0.29, 0.717) is 10.9 Å². The standard InChI is InChI=1S/C18H17F3N6OS/c1-27(2)13-4-3-7-22-16(13)25-17-24-15(26-29-17)12-8-11(18(19,20)21)14(9-23-12)28-10-5-6-10/h3-4,7-10H,5-6H2,1-2H3,(H,22,24,25,26). The molecule has 7 nitrogen and oxygen atoms in total. The van der Waals surface area contributed by atoms with E-state index in [9.17, 15) is 13.2 Å². The number of alkyl halides is 3. The van der Waals surface area contributed by atoms with E-state index in [1.54, 1.807) is 12.3 Å². The van der Waals surface area contributed by atoms with Crippen LogP contribution in [0.4, 0.5) is 29.8 Å². The summed E-state index contributed by atoms with van der Waals surface area (Å²) >= 11 is 1.01. The molecule has 0 unspecified atom stereocenters. The van der Waals surface area contributed by atoms with Crippen molar-refractivity contribution in [3.8, 4) is 17.3 Å². The lowest BCUT2D eigenvalue weighted by Crippen LogP contribution is -2.11. The summed E-state index contributed by atoms with van der Waals surface area (Å²) in [6.07, 6.45) is -0.496. The fourth-order valence-corrected chi connectivity index (χ4v) is 3.16. The number of aromatic nitrogens is 4. The van der Waals surface area contributed by atoms with Crippen molar-refractivity contribution in [3.05, 3.63) is 36.2 Å². The summed E-state index contributed by atoms with van der Waals surface area (Å²) in [7, 11) is 3.75. The first kappa shape index (κ1) is 19.4. The normalized spacial score (nSPS) is 14.0. The Morgan fingerprint density at radius 3 is 2.72 bits per heavy atom. The van der Waals surface area contributed by atoms with Gasteiger partial charge < -0.3 is 15.0 Å². The summed E-state index contributed by atoms with van der Waals surface area (Å²) in [6.45, 7) is 0. The van der Waals surface area contributed by atoms with Crippen LogP contribution in [0.15, 0.2) is 30.6 Å². The van der Waals surface area contributed by atoms with Crippen molar-refractivity contribution in [2.24, 2.45) is 0 Å². The third-order valence-electron chi connectivity index (χ3n) is 4.14. The van der Waals surface area contributed by atoms with Crippen LogP contribution in [-0.4, -0.2) is 39.5 Å². The molecule has 0 spiro atoms. The van der Waals surface area contributed by atoms with Crippen LogP contribution >= 0.6 is 11.5 Å². The van der Waals surface area contributed by atoms with Gasteiger partial charge in [0.1, 0.15) is 17.0 Å². The van der Waals surface area contributed by atoms with Crippen LogP contribution in [0.3, 0.4) is 0 Å². The maximum absolute atomic E-state index is 13.5. The zero-order valence-electron chi connectivity index (χ0n) is 15.6. The summed E-state index contributed by atoms with van der Waals surface area (Å²) in [6, 6.07) is 4.61. The highest BCUT2D eigenvalue weighted by Gasteiger charge is 2.37. The number of hydrogen-bond donors (Lipinski definition) is 1. The number of ether oxygens (including phenoxy) is 1. The number of anilines is 3. The molecule has 1 saturated carbocycles. The van der Waals surface area contributed by atoms with Gasteiger partial charge >= 0.3 is 6.18 Å². The molecular formula is C18H17F3N6OS. The highest BCUT2D eigenvalue weighted by molar-refractivity contribution is 7.09. The first-order valence-corrected chi connectivity index (χ1v) is 9.56. The molecule has 152 valence electrons. The molecule has 29 heavy (non-hydrogen) atoms. The van der Waals surface area contributed by atoms with Gasteiger partial charge in [-0.05, 0) is 31.0 Å². The quantitative estimate of drug-likeness (QED) is 0.632. The highest BCUT2D eigenvalue weighted by Crippen LogP contribution is 2.40. The smallest absolute Gasteiger partial charge is 0.420 e. The van der Waals surface area contributed by atoms with Gasteiger partial charge in [-0.3, -0.25) is 0 Å². The van der Waals surface area contributed by atoms with Crippen LogP contribution < -0.4 is 15.0 Å². The number of rotatable bonds is 6. The molecule has 0 saturated heterocycles. The number of halogens is 3. The van der Waals surface area contributed by atoms with Gasteiger partial charge in [0.05, 0.1) is 18.0 Å². The summed E-state index contributed by atoms with van der Waals surface area (Å²) in [5.41, 5.74) is -0.0136. The molecule has 3 heterocycles. The third-order valence-corrected chi connectivity index (χ3v) is 4.77. The van der Waals surface area contributed by atoms with Gasteiger partial charge in [-0.1, -0.05) is 0 Å². The van der Waals surface area contributed by atoms with Crippen LogP contribution in [0, 0.1) is 0 Å². The van der Waals surface area contributed by atoms with E-state index < -0.39 is 11.7 Å². The summed E-state index contributed by atoms with van der Waals surface area (Å²) in [4.78, 5) is 14.5. The average molecular weight is 422 g/mol. The number of nitrogens with zero attached hydrogens (tertiary/aromatic N) is 5. The Labute approximate surface area is 168 Å². The Hall–Kier alpha value is -2.95. The van der Waals surface area contributed by atoms with Gasteiger partial charge in [-0.2, -0.15) is 22.5 Å². The van der Waals surface area contributed by atoms with E-state index in [0.717, 1.165) is 42.3 Å². The van der Waals surface area contributed by atoms with Crippen molar-refractivity contribution in [1.82, 2.24) is 19.3 Å². The summed E-state index contributed by atoms with van der Waals surface area (Å²) in [5.74, 6) is 0.405. The molecular weight excluding hydrogens is 405 g/mol.